The van der Waals surface area contributed by atoms with Crippen molar-refractivity contribution in [2.75, 3.05) is 19.5 Å². The Kier molecular flexibility index (Phi) is 5.57. The first-order valence-electron chi connectivity index (χ1n) is 12.8. The van der Waals surface area contributed by atoms with E-state index < -0.39 is 5.60 Å². The summed E-state index contributed by atoms with van der Waals surface area (Å²) in [6.07, 6.45) is 12.3. The molecule has 9 atom stereocenters. The molecule has 1 heterocycles. The standard InChI is InChI=1S/C26H40N4O2/c1-16(30-24(28)18(13-27)14-29-30)22-6-7-23-21-5-4-17-12-26(31,15-32-3)11-9-19(17)20(21)8-10-25(22,23)2/h14,16-17,19-23,31H,4-12,15,28H2,1-3H3/t16-,17+,19-,20+,21+,22?,23-,25+,26+/m0/s1. The molecule has 0 saturated heterocycles. The largest absolute Gasteiger partial charge is 0.387 e. The lowest BCUT2D eigenvalue weighted by atomic mass is 9.48. The first kappa shape index (κ1) is 22.2. The predicted octanol–water partition coefficient (Wildman–Crippen LogP) is 4.54. The molecule has 1 unspecified atom stereocenters. The third kappa shape index (κ3) is 3.30. The molecule has 6 nitrogen and oxygen atoms in total. The molecule has 1 aromatic heterocycles. The third-order valence-corrected chi connectivity index (χ3v) is 10.5. The number of nitriles is 1. The Labute approximate surface area is 192 Å². The first-order chi connectivity index (χ1) is 15.3. The molecule has 4 aliphatic rings. The minimum Gasteiger partial charge on any atom is -0.387 e. The van der Waals surface area contributed by atoms with Gasteiger partial charge < -0.3 is 15.6 Å². The number of nitrogens with two attached hydrogens (primary N) is 1. The molecular formula is C26H40N4O2. The van der Waals surface area contributed by atoms with Crippen LogP contribution >= 0.6 is 0 Å². The number of ether oxygens (including phenoxy) is 1. The van der Waals surface area contributed by atoms with Crippen LogP contribution in [0.15, 0.2) is 6.20 Å². The summed E-state index contributed by atoms with van der Waals surface area (Å²) in [5.41, 5.74) is 6.47. The van der Waals surface area contributed by atoms with Gasteiger partial charge in [0.05, 0.1) is 24.4 Å². The van der Waals surface area contributed by atoms with Crippen molar-refractivity contribution < 1.29 is 9.84 Å². The molecule has 32 heavy (non-hydrogen) atoms. The molecule has 4 saturated carbocycles. The molecule has 0 radical (unpaired) electrons. The van der Waals surface area contributed by atoms with Crippen molar-refractivity contribution in [3.05, 3.63) is 11.8 Å². The van der Waals surface area contributed by atoms with Gasteiger partial charge in [-0.1, -0.05) is 6.92 Å². The van der Waals surface area contributed by atoms with Crippen molar-refractivity contribution in [1.82, 2.24) is 9.78 Å². The minimum atomic E-state index is -0.605. The topological polar surface area (TPSA) is 97.1 Å². The highest BCUT2D eigenvalue weighted by Crippen LogP contribution is 2.66. The zero-order valence-corrected chi connectivity index (χ0v) is 20.0. The van der Waals surface area contributed by atoms with Crippen LogP contribution in [0.2, 0.25) is 0 Å². The number of hydrogen-bond donors (Lipinski definition) is 2. The van der Waals surface area contributed by atoms with E-state index in [2.05, 4.69) is 25.0 Å². The maximum Gasteiger partial charge on any atom is 0.140 e. The molecule has 6 heteroatoms. The van der Waals surface area contributed by atoms with Crippen LogP contribution in [-0.2, 0) is 4.74 Å². The lowest BCUT2D eigenvalue weighted by molar-refractivity contribution is -0.125. The van der Waals surface area contributed by atoms with Gasteiger partial charge in [-0.15, -0.1) is 0 Å². The van der Waals surface area contributed by atoms with Gasteiger partial charge in [0.2, 0.25) is 0 Å². The number of rotatable bonds is 4. The summed E-state index contributed by atoms with van der Waals surface area (Å²) >= 11 is 0. The predicted molar refractivity (Wildman–Crippen MR) is 123 cm³/mol. The molecular weight excluding hydrogens is 400 g/mol. The van der Waals surface area contributed by atoms with Crippen LogP contribution in [0.25, 0.3) is 0 Å². The van der Waals surface area contributed by atoms with E-state index in [1.807, 2.05) is 4.68 Å². The number of aliphatic hydroxyl groups is 1. The summed E-state index contributed by atoms with van der Waals surface area (Å²) < 4.78 is 7.26. The fraction of sp³-hybridized carbons (Fsp3) is 0.846. The monoisotopic (exact) mass is 440 g/mol. The highest BCUT2D eigenvalue weighted by molar-refractivity contribution is 5.47. The molecule has 0 aliphatic heterocycles. The maximum atomic E-state index is 11.0. The van der Waals surface area contributed by atoms with Gasteiger partial charge in [-0.05, 0) is 106 Å². The highest BCUT2D eigenvalue weighted by atomic mass is 16.5. The minimum absolute atomic E-state index is 0.221. The van der Waals surface area contributed by atoms with E-state index in [0.717, 1.165) is 42.9 Å². The lowest BCUT2D eigenvalue weighted by Gasteiger charge is -2.57. The summed E-state index contributed by atoms with van der Waals surface area (Å²) in [6.45, 7) is 5.27. The van der Waals surface area contributed by atoms with Crippen LogP contribution in [0.1, 0.15) is 83.2 Å². The first-order valence-corrected chi connectivity index (χ1v) is 12.8. The molecule has 4 fully saturated rings. The number of fused-ring (bicyclic) bond motifs is 5. The van der Waals surface area contributed by atoms with Gasteiger partial charge in [0.1, 0.15) is 17.5 Å². The van der Waals surface area contributed by atoms with Gasteiger partial charge in [0, 0.05) is 7.11 Å². The van der Waals surface area contributed by atoms with Crippen molar-refractivity contribution in [3.63, 3.8) is 0 Å². The van der Waals surface area contributed by atoms with Gasteiger partial charge in [0.25, 0.3) is 0 Å². The van der Waals surface area contributed by atoms with Crippen LogP contribution in [0, 0.1) is 52.3 Å². The van der Waals surface area contributed by atoms with E-state index >= 15 is 0 Å². The Bertz CT molecular complexity index is 893. The zero-order valence-electron chi connectivity index (χ0n) is 20.0. The van der Waals surface area contributed by atoms with Gasteiger partial charge in [-0.3, -0.25) is 0 Å². The van der Waals surface area contributed by atoms with Crippen LogP contribution in [0.4, 0.5) is 5.82 Å². The Morgan fingerprint density at radius 1 is 1.22 bits per heavy atom. The molecule has 5 rings (SSSR count). The molecule has 0 aromatic carbocycles. The van der Waals surface area contributed by atoms with Gasteiger partial charge in [-0.25, -0.2) is 4.68 Å². The molecule has 4 aliphatic carbocycles. The van der Waals surface area contributed by atoms with E-state index in [1.165, 1.54) is 38.5 Å². The van der Waals surface area contributed by atoms with Crippen LogP contribution in [0.5, 0.6) is 0 Å². The van der Waals surface area contributed by atoms with E-state index in [4.69, 9.17) is 10.5 Å². The number of aromatic nitrogens is 2. The smallest absolute Gasteiger partial charge is 0.140 e. The number of methoxy groups -OCH3 is 1. The van der Waals surface area contributed by atoms with Crippen LogP contribution in [0.3, 0.4) is 0 Å². The molecule has 176 valence electrons. The SMILES string of the molecule is COC[C@@]1(O)CC[C@H]2[C@H](CC[C@@H]3[C@@H]2CC[C@]2(C)C([C@H](C)n4ncc(C#N)c4N)CC[C@@H]32)C1. The lowest BCUT2D eigenvalue weighted by Crippen LogP contribution is -2.52. The number of hydrogen-bond acceptors (Lipinski definition) is 5. The summed E-state index contributed by atoms with van der Waals surface area (Å²) in [5.74, 6) is 4.95. The quantitative estimate of drug-likeness (QED) is 0.716. The van der Waals surface area contributed by atoms with Crippen molar-refractivity contribution in [2.45, 2.75) is 83.3 Å². The van der Waals surface area contributed by atoms with Crippen LogP contribution in [-0.4, -0.2) is 34.2 Å². The van der Waals surface area contributed by atoms with Gasteiger partial charge >= 0.3 is 0 Å². The number of nitrogen functional groups attached to an aromatic ring is 1. The second kappa shape index (κ2) is 8.02. The Morgan fingerprint density at radius 3 is 2.72 bits per heavy atom. The summed E-state index contributed by atoms with van der Waals surface area (Å²) in [4.78, 5) is 0. The van der Waals surface area contributed by atoms with Crippen molar-refractivity contribution >= 4 is 5.82 Å². The van der Waals surface area contributed by atoms with Crippen molar-refractivity contribution in [3.8, 4) is 6.07 Å². The van der Waals surface area contributed by atoms with E-state index in [9.17, 15) is 10.4 Å². The summed E-state index contributed by atoms with van der Waals surface area (Å²) in [5, 5.41) is 24.8. The third-order valence-electron chi connectivity index (χ3n) is 10.5. The number of nitrogens with zero attached hydrogens (tertiary/aromatic N) is 3. The highest BCUT2D eigenvalue weighted by Gasteiger charge is 2.58. The molecule has 0 bridgehead atoms. The van der Waals surface area contributed by atoms with Gasteiger partial charge in [0.15, 0.2) is 0 Å². The fourth-order valence-corrected chi connectivity index (χ4v) is 9.15. The Morgan fingerprint density at radius 2 is 2.00 bits per heavy atom. The molecule has 1 aromatic rings. The molecule has 0 spiro atoms. The summed E-state index contributed by atoms with van der Waals surface area (Å²) in [7, 11) is 1.71. The van der Waals surface area contributed by atoms with Crippen molar-refractivity contribution in [1.29, 1.82) is 5.26 Å². The maximum absolute atomic E-state index is 11.0. The molecule has 0 amide bonds. The van der Waals surface area contributed by atoms with E-state index in [1.54, 1.807) is 13.3 Å². The van der Waals surface area contributed by atoms with Crippen molar-refractivity contribution in [2.24, 2.45) is 40.9 Å². The van der Waals surface area contributed by atoms with E-state index in [0.29, 0.717) is 35.2 Å². The Hall–Kier alpha value is -1.58. The van der Waals surface area contributed by atoms with Gasteiger partial charge in [-0.2, -0.15) is 10.4 Å². The van der Waals surface area contributed by atoms with E-state index in [-0.39, 0.29) is 6.04 Å². The average molecular weight is 441 g/mol. The Balaban J connectivity index is 1.33. The number of anilines is 1. The fourth-order valence-electron chi connectivity index (χ4n) is 9.15. The van der Waals surface area contributed by atoms with Crippen LogP contribution < -0.4 is 5.73 Å². The second-order valence-corrected chi connectivity index (χ2v) is 11.8. The zero-order chi connectivity index (χ0) is 22.7. The summed E-state index contributed by atoms with van der Waals surface area (Å²) in [6, 6.07) is 2.39. The normalized spacial score (nSPS) is 44.2. The second-order valence-electron chi connectivity index (χ2n) is 11.8. The average Bonchev–Trinajstić information content (AvgIpc) is 3.32. The molecule has 3 N–H and O–H groups in total.